The van der Waals surface area contributed by atoms with Gasteiger partial charge in [-0.3, -0.25) is 4.39 Å². The molecular formula is C32H45F. The molecule has 0 amide bonds. The Balaban J connectivity index is 1.24. The van der Waals surface area contributed by atoms with E-state index in [0.29, 0.717) is 6.42 Å². The highest BCUT2D eigenvalue weighted by atomic mass is 19.1. The Labute approximate surface area is 202 Å². The number of benzene rings is 2. The molecule has 0 atom stereocenters. The molecule has 180 valence electrons. The fourth-order valence-electron chi connectivity index (χ4n) is 6.60. The van der Waals surface area contributed by atoms with E-state index in [4.69, 9.17) is 0 Å². The Morgan fingerprint density at radius 2 is 1.24 bits per heavy atom. The van der Waals surface area contributed by atoms with Crippen molar-refractivity contribution in [2.45, 2.75) is 103 Å². The first kappa shape index (κ1) is 24.5. The summed E-state index contributed by atoms with van der Waals surface area (Å²) in [5.74, 6) is 3.81. The standard InChI is InChI=1S/C32H45F/c1-2-3-6-25-8-12-27(13-9-25)29-16-20-31(21-17-29)32-22-18-30(19-23-32)28-14-10-26(11-15-28)7-4-5-24-33/h10-11,14-15,18-19,22-23,25,27,29,31H,2-9,12-13,16-17,20-21,24H2,1H3/t25-,27-,29-,31-. The van der Waals surface area contributed by atoms with Gasteiger partial charge in [-0.1, -0.05) is 87.6 Å². The lowest BCUT2D eigenvalue weighted by Gasteiger charge is -2.38. The molecule has 2 aliphatic carbocycles. The molecule has 0 spiro atoms. The molecule has 2 aromatic rings. The molecule has 33 heavy (non-hydrogen) atoms. The van der Waals surface area contributed by atoms with E-state index in [9.17, 15) is 4.39 Å². The molecule has 2 saturated carbocycles. The lowest BCUT2D eigenvalue weighted by Crippen LogP contribution is -2.25. The highest BCUT2D eigenvalue weighted by molar-refractivity contribution is 5.64. The van der Waals surface area contributed by atoms with Gasteiger partial charge in [0, 0.05) is 0 Å². The summed E-state index contributed by atoms with van der Waals surface area (Å²) in [6.45, 7) is 2.13. The average molecular weight is 449 g/mol. The maximum Gasteiger partial charge on any atom is 0.0894 e. The number of halogens is 1. The van der Waals surface area contributed by atoms with E-state index in [1.54, 1.807) is 5.56 Å². The molecule has 0 saturated heterocycles. The monoisotopic (exact) mass is 448 g/mol. The van der Waals surface area contributed by atoms with Crippen LogP contribution in [0.3, 0.4) is 0 Å². The molecular weight excluding hydrogens is 403 g/mol. The first-order valence-electron chi connectivity index (χ1n) is 14.0. The molecule has 2 aromatic carbocycles. The zero-order chi connectivity index (χ0) is 22.9. The summed E-state index contributed by atoms with van der Waals surface area (Å²) in [4.78, 5) is 0. The highest BCUT2D eigenvalue weighted by Crippen LogP contribution is 2.44. The van der Waals surface area contributed by atoms with Gasteiger partial charge in [-0.05, 0) is 104 Å². The summed E-state index contributed by atoms with van der Waals surface area (Å²) < 4.78 is 12.3. The number of hydrogen-bond donors (Lipinski definition) is 0. The minimum atomic E-state index is -0.202. The molecule has 0 aliphatic heterocycles. The Bertz CT molecular complexity index is 789. The number of hydrogen-bond acceptors (Lipinski definition) is 0. The van der Waals surface area contributed by atoms with Crippen LogP contribution in [0.1, 0.15) is 107 Å². The van der Waals surface area contributed by atoms with Crippen LogP contribution in [0, 0.1) is 17.8 Å². The van der Waals surface area contributed by atoms with Crippen molar-refractivity contribution < 1.29 is 4.39 Å². The predicted molar refractivity (Wildman–Crippen MR) is 140 cm³/mol. The lowest BCUT2D eigenvalue weighted by molar-refractivity contribution is 0.156. The van der Waals surface area contributed by atoms with Crippen molar-refractivity contribution in [2.24, 2.45) is 17.8 Å². The summed E-state index contributed by atoms with van der Waals surface area (Å²) in [6.07, 6.45) is 18.5. The van der Waals surface area contributed by atoms with Crippen LogP contribution in [0.25, 0.3) is 11.1 Å². The zero-order valence-corrected chi connectivity index (χ0v) is 20.9. The maximum atomic E-state index is 12.3. The molecule has 0 aromatic heterocycles. The first-order chi connectivity index (χ1) is 16.3. The topological polar surface area (TPSA) is 0 Å². The van der Waals surface area contributed by atoms with E-state index < -0.39 is 0 Å². The van der Waals surface area contributed by atoms with Crippen LogP contribution in [-0.4, -0.2) is 6.67 Å². The third kappa shape index (κ3) is 6.93. The summed E-state index contributed by atoms with van der Waals surface area (Å²) in [5, 5.41) is 0. The van der Waals surface area contributed by atoms with Crippen molar-refractivity contribution in [1.82, 2.24) is 0 Å². The first-order valence-corrected chi connectivity index (χ1v) is 14.0. The molecule has 0 unspecified atom stereocenters. The van der Waals surface area contributed by atoms with Crippen molar-refractivity contribution in [2.75, 3.05) is 6.67 Å². The molecule has 0 radical (unpaired) electrons. The van der Waals surface area contributed by atoms with Crippen LogP contribution in [0.2, 0.25) is 0 Å². The van der Waals surface area contributed by atoms with Crippen molar-refractivity contribution in [1.29, 1.82) is 0 Å². The van der Waals surface area contributed by atoms with Gasteiger partial charge in [0.2, 0.25) is 0 Å². The zero-order valence-electron chi connectivity index (χ0n) is 20.9. The highest BCUT2D eigenvalue weighted by Gasteiger charge is 2.31. The fraction of sp³-hybridized carbons (Fsp3) is 0.625. The van der Waals surface area contributed by atoms with Gasteiger partial charge in [0.05, 0.1) is 6.67 Å². The van der Waals surface area contributed by atoms with Crippen molar-refractivity contribution in [3.05, 3.63) is 59.7 Å². The van der Waals surface area contributed by atoms with Crippen molar-refractivity contribution in [3.8, 4) is 11.1 Å². The number of rotatable bonds is 10. The summed E-state index contributed by atoms with van der Waals surface area (Å²) in [7, 11) is 0. The van der Waals surface area contributed by atoms with Crippen LogP contribution in [-0.2, 0) is 6.42 Å². The normalized spacial score (nSPS) is 25.8. The number of unbranched alkanes of at least 4 members (excludes halogenated alkanes) is 2. The van der Waals surface area contributed by atoms with Crippen molar-refractivity contribution in [3.63, 3.8) is 0 Å². The largest absolute Gasteiger partial charge is 0.251 e. The fourth-order valence-corrected chi connectivity index (χ4v) is 6.60. The van der Waals surface area contributed by atoms with Gasteiger partial charge in [-0.15, -0.1) is 0 Å². The molecule has 2 aliphatic rings. The molecule has 0 nitrogen and oxygen atoms in total. The maximum absolute atomic E-state index is 12.3. The van der Waals surface area contributed by atoms with Crippen molar-refractivity contribution >= 4 is 0 Å². The number of aryl methyl sites for hydroxylation is 1. The van der Waals surface area contributed by atoms with Gasteiger partial charge in [0.25, 0.3) is 0 Å². The van der Waals surface area contributed by atoms with E-state index in [-0.39, 0.29) is 6.67 Å². The second kappa shape index (κ2) is 12.7. The van der Waals surface area contributed by atoms with Crippen LogP contribution in [0.15, 0.2) is 48.5 Å². The third-order valence-electron chi connectivity index (χ3n) is 8.81. The minimum Gasteiger partial charge on any atom is -0.251 e. The van der Waals surface area contributed by atoms with Gasteiger partial charge in [-0.2, -0.15) is 0 Å². The quantitative estimate of drug-likeness (QED) is 0.317. The van der Waals surface area contributed by atoms with Crippen LogP contribution >= 0.6 is 0 Å². The van der Waals surface area contributed by atoms with Crippen LogP contribution in [0.5, 0.6) is 0 Å². The Morgan fingerprint density at radius 1 is 0.667 bits per heavy atom. The second-order valence-electron chi connectivity index (χ2n) is 11.0. The molecule has 4 rings (SSSR count). The van der Waals surface area contributed by atoms with Gasteiger partial charge in [0.15, 0.2) is 0 Å². The van der Waals surface area contributed by atoms with Gasteiger partial charge in [-0.25, -0.2) is 0 Å². The summed E-state index contributed by atoms with van der Waals surface area (Å²) in [5.41, 5.74) is 5.45. The van der Waals surface area contributed by atoms with Gasteiger partial charge in [0.1, 0.15) is 0 Å². The second-order valence-corrected chi connectivity index (χ2v) is 11.0. The van der Waals surface area contributed by atoms with E-state index in [1.165, 1.54) is 87.3 Å². The van der Waals surface area contributed by atoms with E-state index in [2.05, 4.69) is 55.5 Å². The molecule has 1 heteroatoms. The number of alkyl halides is 1. The Kier molecular flexibility index (Phi) is 9.45. The van der Waals surface area contributed by atoms with Gasteiger partial charge < -0.3 is 0 Å². The van der Waals surface area contributed by atoms with E-state index >= 15 is 0 Å². The third-order valence-corrected chi connectivity index (χ3v) is 8.81. The molecule has 2 fully saturated rings. The van der Waals surface area contributed by atoms with Gasteiger partial charge >= 0.3 is 0 Å². The predicted octanol–water partition coefficient (Wildman–Crippen LogP) is 9.92. The molecule has 0 bridgehead atoms. The van der Waals surface area contributed by atoms with E-state index in [1.807, 2.05) is 0 Å². The molecule has 0 N–H and O–H groups in total. The molecule has 0 heterocycles. The Morgan fingerprint density at radius 3 is 1.82 bits per heavy atom. The summed E-state index contributed by atoms with van der Waals surface area (Å²) >= 11 is 0. The minimum absolute atomic E-state index is 0.202. The van der Waals surface area contributed by atoms with E-state index in [0.717, 1.165) is 36.5 Å². The smallest absolute Gasteiger partial charge is 0.0894 e. The van der Waals surface area contributed by atoms with Crippen LogP contribution in [0.4, 0.5) is 4.39 Å². The Hall–Kier alpha value is -1.63. The SMILES string of the molecule is CCCC[C@H]1CC[C@H]([C@H]2CC[C@H](c3ccc(-c4ccc(CCCCF)cc4)cc3)CC2)CC1. The summed E-state index contributed by atoms with van der Waals surface area (Å²) in [6, 6.07) is 18.3. The lowest BCUT2D eigenvalue weighted by atomic mass is 9.68. The van der Waals surface area contributed by atoms with Crippen LogP contribution < -0.4 is 0 Å². The average Bonchev–Trinajstić information content (AvgIpc) is 2.89.